The van der Waals surface area contributed by atoms with Gasteiger partial charge in [0.2, 0.25) is 0 Å². The first-order valence-corrected chi connectivity index (χ1v) is 12.3. The minimum absolute atomic E-state index is 0.00406. The fraction of sp³-hybridized carbons (Fsp3) is 0.913. The van der Waals surface area contributed by atoms with Gasteiger partial charge in [-0.15, -0.1) is 0 Å². The van der Waals surface area contributed by atoms with E-state index in [1.54, 1.807) is 0 Å². The van der Waals surface area contributed by atoms with E-state index >= 15 is 0 Å². The molecule has 2 nitrogen and oxygen atoms in total. The molecule has 2 bridgehead atoms. The summed E-state index contributed by atoms with van der Waals surface area (Å²) in [5.74, 6) is 4.54. The highest BCUT2D eigenvalue weighted by Gasteiger charge is 2.46. The lowest BCUT2D eigenvalue weighted by Crippen LogP contribution is -2.28. The second-order valence-electron chi connectivity index (χ2n) is 8.02. The summed E-state index contributed by atoms with van der Waals surface area (Å²) in [6.07, 6.45) is 16.0. The number of fused-ring (bicyclic) bond motifs is 2. The van der Waals surface area contributed by atoms with Crippen molar-refractivity contribution in [2.24, 2.45) is 23.7 Å². The van der Waals surface area contributed by atoms with Gasteiger partial charge in [0.1, 0.15) is 0 Å². The van der Waals surface area contributed by atoms with Crippen molar-refractivity contribution in [2.45, 2.75) is 90.6 Å². The van der Waals surface area contributed by atoms with Crippen LogP contribution in [0.1, 0.15) is 79.1 Å². The maximum Gasteiger partial charge on any atom is 0.157 e. The van der Waals surface area contributed by atoms with Crippen molar-refractivity contribution in [1.29, 1.82) is 0 Å². The number of allylic oxidation sites excluding steroid dienone is 1. The first-order valence-electron chi connectivity index (χ1n) is 11.3. The zero-order valence-electron chi connectivity index (χ0n) is 17.6. The van der Waals surface area contributed by atoms with E-state index in [-0.39, 0.29) is 6.29 Å². The van der Waals surface area contributed by atoms with E-state index in [2.05, 4.69) is 51.6 Å². The molecule has 5 atom stereocenters. The molecule has 2 rings (SSSR count). The highest BCUT2D eigenvalue weighted by Crippen LogP contribution is 2.54. The van der Waals surface area contributed by atoms with Gasteiger partial charge in [0.15, 0.2) is 6.29 Å². The van der Waals surface area contributed by atoms with Gasteiger partial charge in [-0.25, -0.2) is 0 Å². The lowest BCUT2D eigenvalue weighted by molar-refractivity contribution is -0.150. The standard InChI is InChI=1S/C23H42O2S/c1-5-9-10-11-20(26-8-4)14-15-21-18-12-13-19(16-18)22(21)17-23(24-6-2)25-7-3/h14-15,18-23H,5-13,16-17H2,1-4H3/b15-14+/t18-,19+,20-,21+,22+/m0/s1. The Bertz CT molecular complexity index is 392. The maximum absolute atomic E-state index is 5.88. The second kappa shape index (κ2) is 12.5. The molecule has 152 valence electrons. The van der Waals surface area contributed by atoms with Crippen molar-refractivity contribution >= 4 is 11.8 Å². The van der Waals surface area contributed by atoms with Crippen molar-refractivity contribution in [2.75, 3.05) is 19.0 Å². The van der Waals surface area contributed by atoms with Crippen molar-refractivity contribution in [3.05, 3.63) is 12.2 Å². The molecule has 0 radical (unpaired) electrons. The fourth-order valence-electron chi connectivity index (χ4n) is 5.18. The van der Waals surface area contributed by atoms with Crippen LogP contribution in [0.3, 0.4) is 0 Å². The minimum Gasteiger partial charge on any atom is -0.353 e. The van der Waals surface area contributed by atoms with Crippen LogP contribution in [0, 0.1) is 23.7 Å². The van der Waals surface area contributed by atoms with Gasteiger partial charge in [0, 0.05) is 24.9 Å². The largest absolute Gasteiger partial charge is 0.353 e. The van der Waals surface area contributed by atoms with Gasteiger partial charge in [-0.1, -0.05) is 45.3 Å². The molecule has 0 amide bonds. The summed E-state index contributed by atoms with van der Waals surface area (Å²) in [4.78, 5) is 0. The highest BCUT2D eigenvalue weighted by atomic mass is 32.2. The number of unbranched alkanes of at least 4 members (excludes halogenated alkanes) is 2. The number of rotatable bonds is 14. The third kappa shape index (κ3) is 6.56. The van der Waals surface area contributed by atoms with E-state index < -0.39 is 0 Å². The van der Waals surface area contributed by atoms with Crippen LogP contribution in [-0.4, -0.2) is 30.5 Å². The third-order valence-corrected chi connectivity index (χ3v) is 7.50. The quantitative estimate of drug-likeness (QED) is 0.189. The van der Waals surface area contributed by atoms with Crippen LogP contribution in [0.25, 0.3) is 0 Å². The Hall–Kier alpha value is 0.0100. The first-order chi connectivity index (χ1) is 12.7. The first kappa shape index (κ1) is 22.3. The second-order valence-corrected chi connectivity index (χ2v) is 9.54. The molecular weight excluding hydrogens is 340 g/mol. The summed E-state index contributed by atoms with van der Waals surface area (Å²) in [5, 5.41) is 0.709. The van der Waals surface area contributed by atoms with Gasteiger partial charge in [-0.2, -0.15) is 11.8 Å². The smallest absolute Gasteiger partial charge is 0.157 e. The average Bonchev–Trinajstić information content (AvgIpc) is 3.22. The summed E-state index contributed by atoms with van der Waals surface area (Å²) in [5.41, 5.74) is 0. The van der Waals surface area contributed by atoms with E-state index in [0.29, 0.717) is 5.25 Å². The molecule has 2 fully saturated rings. The van der Waals surface area contributed by atoms with E-state index in [1.165, 1.54) is 50.7 Å². The Labute approximate surface area is 166 Å². The number of hydrogen-bond acceptors (Lipinski definition) is 3. The van der Waals surface area contributed by atoms with Crippen molar-refractivity contribution in [3.63, 3.8) is 0 Å². The molecule has 0 N–H and O–H groups in total. The summed E-state index contributed by atoms with van der Waals surface area (Å²) in [6, 6.07) is 0. The molecule has 0 heterocycles. The van der Waals surface area contributed by atoms with Gasteiger partial charge in [-0.05, 0) is 69.0 Å². The maximum atomic E-state index is 5.88. The van der Waals surface area contributed by atoms with Crippen LogP contribution in [0.15, 0.2) is 12.2 Å². The molecule has 0 aromatic rings. The van der Waals surface area contributed by atoms with Crippen LogP contribution >= 0.6 is 11.8 Å². The monoisotopic (exact) mass is 382 g/mol. The summed E-state index contributed by atoms with van der Waals surface area (Å²) in [7, 11) is 0. The van der Waals surface area contributed by atoms with Gasteiger partial charge in [0.25, 0.3) is 0 Å². The highest BCUT2D eigenvalue weighted by molar-refractivity contribution is 8.00. The number of hydrogen-bond donors (Lipinski definition) is 0. The van der Waals surface area contributed by atoms with E-state index in [0.717, 1.165) is 43.3 Å². The zero-order chi connectivity index (χ0) is 18.8. The van der Waals surface area contributed by atoms with Gasteiger partial charge in [-0.3, -0.25) is 0 Å². The normalized spacial score (nSPS) is 29.3. The Balaban J connectivity index is 1.97. The zero-order valence-corrected chi connectivity index (χ0v) is 18.4. The molecule has 2 aliphatic rings. The molecule has 26 heavy (non-hydrogen) atoms. The van der Waals surface area contributed by atoms with Gasteiger partial charge >= 0.3 is 0 Å². The average molecular weight is 383 g/mol. The molecule has 0 unspecified atom stereocenters. The molecule has 0 aliphatic heterocycles. The van der Waals surface area contributed by atoms with Crippen LogP contribution < -0.4 is 0 Å². The molecule has 0 spiro atoms. The Morgan fingerprint density at radius 2 is 1.73 bits per heavy atom. The molecule has 2 aliphatic carbocycles. The molecule has 2 saturated carbocycles. The Kier molecular flexibility index (Phi) is 10.7. The van der Waals surface area contributed by atoms with E-state index in [9.17, 15) is 0 Å². The van der Waals surface area contributed by atoms with Crippen molar-refractivity contribution in [3.8, 4) is 0 Å². The molecule has 0 saturated heterocycles. The van der Waals surface area contributed by atoms with Crippen LogP contribution in [0.4, 0.5) is 0 Å². The summed E-state index contributed by atoms with van der Waals surface area (Å²) >= 11 is 2.13. The lowest BCUT2D eigenvalue weighted by atomic mass is 9.77. The minimum atomic E-state index is -0.00406. The predicted octanol–water partition coefficient (Wildman–Crippen LogP) is 6.70. The lowest BCUT2D eigenvalue weighted by Gasteiger charge is -2.32. The molecular formula is C23H42O2S. The van der Waals surface area contributed by atoms with Crippen LogP contribution in [0.2, 0.25) is 0 Å². The third-order valence-electron chi connectivity index (χ3n) is 6.35. The Morgan fingerprint density at radius 1 is 1.00 bits per heavy atom. The van der Waals surface area contributed by atoms with Crippen LogP contribution in [0.5, 0.6) is 0 Å². The SMILES string of the molecule is CCCCC[C@@H](/C=C/[C@@H]1[C@H]2CC[C@H](C2)[C@H]1CC(OCC)OCC)SCC. The van der Waals surface area contributed by atoms with Crippen molar-refractivity contribution in [1.82, 2.24) is 0 Å². The van der Waals surface area contributed by atoms with Crippen molar-refractivity contribution < 1.29 is 9.47 Å². The van der Waals surface area contributed by atoms with E-state index in [4.69, 9.17) is 9.47 Å². The topological polar surface area (TPSA) is 18.5 Å². The molecule has 0 aromatic carbocycles. The summed E-state index contributed by atoms with van der Waals surface area (Å²) in [6.45, 7) is 10.2. The van der Waals surface area contributed by atoms with E-state index in [1.807, 2.05) is 0 Å². The van der Waals surface area contributed by atoms with Gasteiger partial charge < -0.3 is 9.47 Å². The predicted molar refractivity (Wildman–Crippen MR) is 115 cm³/mol. The van der Waals surface area contributed by atoms with Crippen LogP contribution in [-0.2, 0) is 9.47 Å². The Morgan fingerprint density at radius 3 is 2.38 bits per heavy atom. The number of ether oxygens (including phenoxy) is 2. The molecule has 0 aromatic heterocycles. The fourth-order valence-corrected chi connectivity index (χ4v) is 6.14. The molecule has 3 heteroatoms. The van der Waals surface area contributed by atoms with Gasteiger partial charge in [0.05, 0.1) is 0 Å². The summed E-state index contributed by atoms with van der Waals surface area (Å²) < 4.78 is 11.8. The number of thioether (sulfide) groups is 1.